The zero-order valence-corrected chi connectivity index (χ0v) is 18.1. The lowest BCUT2D eigenvalue weighted by atomic mass is 10.1. The molecule has 0 aliphatic heterocycles. The van der Waals surface area contributed by atoms with Gasteiger partial charge in [-0.25, -0.2) is 9.97 Å². The number of carbonyl (C=O) groups excluding carboxylic acids is 2. The zero-order valence-electron chi connectivity index (χ0n) is 18.1. The molecule has 32 heavy (non-hydrogen) atoms. The van der Waals surface area contributed by atoms with Crippen molar-refractivity contribution in [1.82, 2.24) is 19.7 Å². The summed E-state index contributed by atoms with van der Waals surface area (Å²) in [5.74, 6) is 0.104. The maximum Gasteiger partial charge on any atom is 0.247 e. The second kappa shape index (κ2) is 10.2. The number of methoxy groups -OCH3 is 2. The zero-order chi connectivity index (χ0) is 23.1. The third kappa shape index (κ3) is 5.28. The highest BCUT2D eigenvalue weighted by molar-refractivity contribution is 5.99. The van der Waals surface area contributed by atoms with Gasteiger partial charge in [-0.15, -0.1) is 0 Å². The summed E-state index contributed by atoms with van der Waals surface area (Å²) in [6, 6.07) is 7.07. The molecule has 0 saturated carbocycles. The Labute approximate surface area is 185 Å². The van der Waals surface area contributed by atoms with Gasteiger partial charge in [-0.1, -0.05) is 18.7 Å². The van der Waals surface area contributed by atoms with Gasteiger partial charge in [-0.05, 0) is 23.8 Å². The van der Waals surface area contributed by atoms with Crippen LogP contribution in [0.1, 0.15) is 11.1 Å². The molecule has 0 aliphatic rings. The molecule has 166 valence electrons. The normalized spacial score (nSPS) is 10.3. The Morgan fingerprint density at radius 1 is 1.22 bits per heavy atom. The molecular formula is C22H24N6O4. The monoisotopic (exact) mass is 436 g/mol. The summed E-state index contributed by atoms with van der Waals surface area (Å²) in [6.45, 7) is 3.56. The molecule has 0 radical (unpaired) electrons. The largest absolute Gasteiger partial charge is 0.481 e. The van der Waals surface area contributed by atoms with E-state index in [-0.39, 0.29) is 24.8 Å². The number of hydrogen-bond acceptors (Lipinski definition) is 7. The second-order valence-corrected chi connectivity index (χ2v) is 6.79. The number of nitrogens with zero attached hydrogens (tertiary/aromatic N) is 5. The van der Waals surface area contributed by atoms with Gasteiger partial charge in [0.05, 0.1) is 44.6 Å². The highest BCUT2D eigenvalue weighted by Crippen LogP contribution is 2.28. The number of amides is 2. The van der Waals surface area contributed by atoms with Crippen LogP contribution in [0.15, 0.2) is 55.6 Å². The molecule has 1 N–H and O–H groups in total. The van der Waals surface area contributed by atoms with E-state index in [1.54, 1.807) is 47.2 Å². The average Bonchev–Trinajstić information content (AvgIpc) is 3.22. The van der Waals surface area contributed by atoms with Crippen molar-refractivity contribution in [3.05, 3.63) is 66.8 Å². The number of rotatable bonds is 9. The number of carbonyl (C=O) groups is 2. The smallest absolute Gasteiger partial charge is 0.247 e. The number of nitrogens with one attached hydrogen (secondary N) is 1. The van der Waals surface area contributed by atoms with Gasteiger partial charge in [0.2, 0.25) is 23.6 Å². The number of aromatic nitrogens is 4. The first-order chi connectivity index (χ1) is 15.4. The first kappa shape index (κ1) is 22.5. The topological polar surface area (TPSA) is 111 Å². The minimum absolute atomic E-state index is 0.0883. The summed E-state index contributed by atoms with van der Waals surface area (Å²) in [5, 5.41) is 6.88. The fourth-order valence-electron chi connectivity index (χ4n) is 3.12. The predicted molar refractivity (Wildman–Crippen MR) is 119 cm³/mol. The van der Waals surface area contributed by atoms with Gasteiger partial charge in [0.1, 0.15) is 6.33 Å². The van der Waals surface area contributed by atoms with Crippen molar-refractivity contribution in [1.29, 1.82) is 0 Å². The minimum atomic E-state index is -0.325. The van der Waals surface area contributed by atoms with Crippen molar-refractivity contribution in [2.45, 2.75) is 13.0 Å². The quantitative estimate of drug-likeness (QED) is 0.512. The molecule has 0 fully saturated rings. The van der Waals surface area contributed by atoms with Crippen LogP contribution < -0.4 is 19.7 Å². The first-order valence-corrected chi connectivity index (χ1v) is 9.68. The molecule has 0 unspecified atom stereocenters. The Morgan fingerprint density at radius 2 is 1.94 bits per heavy atom. The lowest BCUT2D eigenvalue weighted by Crippen LogP contribution is -2.32. The van der Waals surface area contributed by atoms with Crippen molar-refractivity contribution >= 4 is 23.2 Å². The lowest BCUT2D eigenvalue weighted by Gasteiger charge is -2.23. The molecule has 10 nitrogen and oxygen atoms in total. The van der Waals surface area contributed by atoms with Crippen LogP contribution in [-0.2, 0) is 29.6 Å². The van der Waals surface area contributed by atoms with Crippen LogP contribution in [0.25, 0.3) is 0 Å². The van der Waals surface area contributed by atoms with E-state index in [1.165, 1.54) is 26.6 Å². The summed E-state index contributed by atoms with van der Waals surface area (Å²) in [4.78, 5) is 34.8. The molecule has 10 heteroatoms. The van der Waals surface area contributed by atoms with E-state index in [2.05, 4.69) is 27.0 Å². The molecule has 1 aromatic carbocycles. The van der Waals surface area contributed by atoms with Crippen LogP contribution in [0.4, 0.5) is 11.4 Å². The SMILES string of the molecule is C=CC(=O)Nc1cccc(CC(=O)N(Cc2c(OC)ncnc2OC)c2cnn(C)c2)c1. The molecule has 0 spiro atoms. The van der Waals surface area contributed by atoms with Gasteiger partial charge >= 0.3 is 0 Å². The fourth-order valence-corrected chi connectivity index (χ4v) is 3.12. The van der Waals surface area contributed by atoms with E-state index < -0.39 is 0 Å². The highest BCUT2D eigenvalue weighted by Gasteiger charge is 2.23. The van der Waals surface area contributed by atoms with Crippen molar-refractivity contribution in [3.8, 4) is 11.8 Å². The summed E-state index contributed by atoms with van der Waals surface area (Å²) >= 11 is 0. The summed E-state index contributed by atoms with van der Waals surface area (Å²) in [6.07, 6.45) is 5.94. The van der Waals surface area contributed by atoms with E-state index in [0.717, 1.165) is 5.56 Å². The van der Waals surface area contributed by atoms with Crippen LogP contribution in [-0.4, -0.2) is 45.8 Å². The average molecular weight is 436 g/mol. The van der Waals surface area contributed by atoms with Gasteiger partial charge in [0.25, 0.3) is 0 Å². The number of aryl methyl sites for hydroxylation is 1. The molecule has 3 rings (SSSR count). The maximum absolute atomic E-state index is 13.4. The molecule has 0 saturated heterocycles. The molecule has 2 heterocycles. The number of benzene rings is 1. The fraction of sp³-hybridized carbons (Fsp3) is 0.227. The van der Waals surface area contributed by atoms with E-state index >= 15 is 0 Å². The van der Waals surface area contributed by atoms with E-state index in [9.17, 15) is 9.59 Å². The number of ether oxygens (including phenoxy) is 2. The predicted octanol–water partition coefficient (Wildman–Crippen LogP) is 2.13. The summed E-state index contributed by atoms with van der Waals surface area (Å²) in [5.41, 5.74) is 2.44. The third-order valence-corrected chi connectivity index (χ3v) is 4.61. The minimum Gasteiger partial charge on any atom is -0.481 e. The van der Waals surface area contributed by atoms with Crippen LogP contribution in [0, 0.1) is 0 Å². The Hall–Kier alpha value is -4.21. The number of hydrogen-bond donors (Lipinski definition) is 1. The Balaban J connectivity index is 1.91. The van der Waals surface area contributed by atoms with Gasteiger partial charge < -0.3 is 19.7 Å². The summed E-state index contributed by atoms with van der Waals surface area (Å²) < 4.78 is 12.3. The molecule has 0 bridgehead atoms. The van der Waals surface area contributed by atoms with E-state index in [0.29, 0.717) is 28.7 Å². The van der Waals surface area contributed by atoms with Gasteiger partial charge in [0.15, 0.2) is 0 Å². The van der Waals surface area contributed by atoms with Crippen LogP contribution in [0.5, 0.6) is 11.8 Å². The summed E-state index contributed by atoms with van der Waals surface area (Å²) in [7, 11) is 4.75. The van der Waals surface area contributed by atoms with Gasteiger partial charge in [-0.2, -0.15) is 5.10 Å². The van der Waals surface area contributed by atoms with Crippen LogP contribution in [0.3, 0.4) is 0 Å². The van der Waals surface area contributed by atoms with Crippen LogP contribution in [0.2, 0.25) is 0 Å². The molecule has 0 atom stereocenters. The molecule has 3 aromatic rings. The van der Waals surface area contributed by atoms with Gasteiger partial charge in [0, 0.05) is 18.9 Å². The Morgan fingerprint density at radius 3 is 2.53 bits per heavy atom. The Bertz CT molecular complexity index is 1100. The van der Waals surface area contributed by atoms with E-state index in [4.69, 9.17) is 9.47 Å². The van der Waals surface area contributed by atoms with E-state index in [1.807, 2.05) is 6.07 Å². The molecule has 0 aliphatic carbocycles. The lowest BCUT2D eigenvalue weighted by molar-refractivity contribution is -0.118. The maximum atomic E-state index is 13.4. The van der Waals surface area contributed by atoms with Crippen molar-refractivity contribution in [2.24, 2.45) is 7.05 Å². The van der Waals surface area contributed by atoms with Crippen molar-refractivity contribution < 1.29 is 19.1 Å². The third-order valence-electron chi connectivity index (χ3n) is 4.61. The first-order valence-electron chi connectivity index (χ1n) is 9.68. The standard InChI is InChI=1S/C22H24N6O4/c1-5-19(29)26-16-8-6-7-15(9-16)10-20(30)28(17-11-25-27(2)12-17)13-18-21(31-3)23-14-24-22(18)32-4/h5-9,11-12,14H,1,10,13H2,2-4H3,(H,26,29). The van der Waals surface area contributed by atoms with Crippen LogP contribution >= 0.6 is 0 Å². The second-order valence-electron chi connectivity index (χ2n) is 6.79. The Kier molecular flexibility index (Phi) is 7.17. The van der Waals surface area contributed by atoms with Gasteiger partial charge in [-0.3, -0.25) is 14.3 Å². The molecule has 2 aromatic heterocycles. The molecule has 2 amide bonds. The number of anilines is 2. The van der Waals surface area contributed by atoms with Crippen molar-refractivity contribution in [3.63, 3.8) is 0 Å². The molecular weight excluding hydrogens is 412 g/mol. The van der Waals surface area contributed by atoms with Crippen molar-refractivity contribution in [2.75, 3.05) is 24.4 Å². The highest BCUT2D eigenvalue weighted by atomic mass is 16.5.